The predicted octanol–water partition coefficient (Wildman–Crippen LogP) is 11.8. The Morgan fingerprint density at radius 3 is 1.73 bits per heavy atom. The maximum absolute atomic E-state index is 10.3. The molecular formula is C48H29N3S. The number of rotatable bonds is 4. The van der Waals surface area contributed by atoms with Crippen molar-refractivity contribution in [2.24, 2.45) is 0 Å². The minimum atomic E-state index is -0.550. The molecule has 8 aromatic rings. The van der Waals surface area contributed by atoms with E-state index in [0.717, 1.165) is 44.8 Å². The summed E-state index contributed by atoms with van der Waals surface area (Å²) in [5.74, 6) is 0.691. The first-order valence-corrected chi connectivity index (χ1v) is 18.2. The molecule has 2 aliphatic rings. The molecule has 0 N–H and O–H groups in total. The van der Waals surface area contributed by atoms with Crippen molar-refractivity contribution in [2.45, 2.75) is 15.2 Å². The van der Waals surface area contributed by atoms with Gasteiger partial charge in [-0.15, -0.1) is 0 Å². The zero-order valence-corrected chi connectivity index (χ0v) is 28.8. The van der Waals surface area contributed by atoms with Gasteiger partial charge in [-0.05, 0) is 57.1 Å². The van der Waals surface area contributed by atoms with Crippen molar-refractivity contribution < 1.29 is 0 Å². The average Bonchev–Trinajstić information content (AvgIpc) is 3.52. The van der Waals surface area contributed by atoms with E-state index in [0.29, 0.717) is 11.4 Å². The summed E-state index contributed by atoms with van der Waals surface area (Å²) >= 11 is 1.83. The lowest BCUT2D eigenvalue weighted by Gasteiger charge is -2.40. The van der Waals surface area contributed by atoms with Crippen molar-refractivity contribution in [1.82, 2.24) is 9.97 Å². The van der Waals surface area contributed by atoms with Crippen LogP contribution in [-0.2, 0) is 5.41 Å². The third-order valence-corrected chi connectivity index (χ3v) is 11.7. The molecule has 0 radical (unpaired) electrons. The maximum atomic E-state index is 10.3. The SMILES string of the molecule is N#Cc1cccc2c1-c1ccccc1C21c2ccccc2Sc2c(-c3ccc(-c4nc(-c5ccccc5)cc(-c5ccccc5)n4)cc3)cccc21. The summed E-state index contributed by atoms with van der Waals surface area (Å²) in [6, 6.07) is 64.2. The van der Waals surface area contributed by atoms with Crippen molar-refractivity contribution in [1.29, 1.82) is 5.26 Å². The number of benzene rings is 7. The molecule has 2 heterocycles. The van der Waals surface area contributed by atoms with Crippen molar-refractivity contribution in [3.63, 3.8) is 0 Å². The quantitative estimate of drug-likeness (QED) is 0.186. The van der Waals surface area contributed by atoms with Crippen LogP contribution < -0.4 is 0 Å². The number of nitriles is 1. The molecule has 0 saturated carbocycles. The topological polar surface area (TPSA) is 49.6 Å². The lowest BCUT2D eigenvalue weighted by atomic mass is 9.67. The minimum absolute atomic E-state index is 0.550. The summed E-state index contributed by atoms with van der Waals surface area (Å²) in [6.07, 6.45) is 0. The maximum Gasteiger partial charge on any atom is 0.160 e. The van der Waals surface area contributed by atoms with Crippen LogP contribution in [0.15, 0.2) is 186 Å². The van der Waals surface area contributed by atoms with Gasteiger partial charge in [0, 0.05) is 32.0 Å². The highest BCUT2D eigenvalue weighted by Gasteiger charge is 2.51. The van der Waals surface area contributed by atoms with Gasteiger partial charge in [-0.25, -0.2) is 9.97 Å². The zero-order valence-electron chi connectivity index (χ0n) is 28.0. The first-order chi connectivity index (χ1) is 25.7. The molecule has 1 aliphatic carbocycles. The first-order valence-electron chi connectivity index (χ1n) is 17.4. The van der Waals surface area contributed by atoms with Crippen molar-refractivity contribution in [3.8, 4) is 62.2 Å². The smallest absolute Gasteiger partial charge is 0.160 e. The Labute approximate surface area is 307 Å². The molecule has 3 nitrogen and oxygen atoms in total. The normalized spacial score (nSPS) is 14.9. The highest BCUT2D eigenvalue weighted by atomic mass is 32.2. The van der Waals surface area contributed by atoms with Crippen LogP contribution in [0.1, 0.15) is 27.8 Å². The zero-order chi connectivity index (χ0) is 34.6. The lowest BCUT2D eigenvalue weighted by Crippen LogP contribution is -2.32. The van der Waals surface area contributed by atoms with Crippen LogP contribution >= 0.6 is 11.8 Å². The molecule has 10 rings (SSSR count). The molecule has 4 heteroatoms. The molecule has 1 unspecified atom stereocenters. The second-order valence-electron chi connectivity index (χ2n) is 13.2. The van der Waals surface area contributed by atoms with Crippen LogP contribution in [-0.4, -0.2) is 9.97 Å². The van der Waals surface area contributed by atoms with Gasteiger partial charge in [0.1, 0.15) is 0 Å². The van der Waals surface area contributed by atoms with E-state index in [9.17, 15) is 5.26 Å². The van der Waals surface area contributed by atoms with E-state index in [-0.39, 0.29) is 0 Å². The summed E-state index contributed by atoms with van der Waals surface area (Å²) in [5, 5.41) is 10.3. The number of hydrogen-bond acceptors (Lipinski definition) is 4. The van der Waals surface area contributed by atoms with Gasteiger partial charge in [-0.1, -0.05) is 169 Å². The summed E-state index contributed by atoms with van der Waals surface area (Å²) in [5.41, 5.74) is 14.4. The Bertz CT molecular complexity index is 2660. The van der Waals surface area contributed by atoms with Gasteiger partial charge >= 0.3 is 0 Å². The molecule has 7 aromatic carbocycles. The Kier molecular flexibility index (Phi) is 7.02. The van der Waals surface area contributed by atoms with Crippen molar-refractivity contribution in [3.05, 3.63) is 204 Å². The highest BCUT2D eigenvalue weighted by Crippen LogP contribution is 2.63. The van der Waals surface area contributed by atoms with E-state index in [1.807, 2.05) is 60.3 Å². The molecule has 0 fully saturated rings. The van der Waals surface area contributed by atoms with Crippen LogP contribution in [0.5, 0.6) is 0 Å². The highest BCUT2D eigenvalue weighted by molar-refractivity contribution is 7.99. The Morgan fingerprint density at radius 2 is 1.02 bits per heavy atom. The van der Waals surface area contributed by atoms with Crippen molar-refractivity contribution in [2.75, 3.05) is 0 Å². The summed E-state index contributed by atoms with van der Waals surface area (Å²) < 4.78 is 0. The third-order valence-electron chi connectivity index (χ3n) is 10.4. The van der Waals surface area contributed by atoms with Gasteiger partial charge in [0.2, 0.25) is 0 Å². The molecule has 1 spiro atoms. The second-order valence-corrected chi connectivity index (χ2v) is 14.2. The Hall–Kier alpha value is -6.54. The molecule has 0 bridgehead atoms. The van der Waals surface area contributed by atoms with E-state index in [2.05, 4.69) is 133 Å². The fourth-order valence-corrected chi connectivity index (χ4v) is 9.51. The third kappa shape index (κ3) is 4.53. The molecule has 242 valence electrons. The summed E-state index contributed by atoms with van der Waals surface area (Å²) in [4.78, 5) is 12.6. The minimum Gasteiger partial charge on any atom is -0.228 e. The van der Waals surface area contributed by atoms with Crippen LogP contribution in [0.2, 0.25) is 0 Å². The van der Waals surface area contributed by atoms with Gasteiger partial charge in [0.05, 0.1) is 28.4 Å². The number of hydrogen-bond donors (Lipinski definition) is 0. The van der Waals surface area contributed by atoms with E-state index < -0.39 is 5.41 Å². The predicted molar refractivity (Wildman–Crippen MR) is 210 cm³/mol. The Morgan fingerprint density at radius 1 is 0.462 bits per heavy atom. The van der Waals surface area contributed by atoms with Crippen molar-refractivity contribution >= 4 is 11.8 Å². The van der Waals surface area contributed by atoms with Crippen LogP contribution in [0.3, 0.4) is 0 Å². The monoisotopic (exact) mass is 679 g/mol. The molecule has 1 atom stereocenters. The molecule has 52 heavy (non-hydrogen) atoms. The van der Waals surface area contributed by atoms with Crippen LogP contribution in [0.25, 0.3) is 56.2 Å². The first kappa shape index (κ1) is 30.3. The average molecular weight is 680 g/mol. The van der Waals surface area contributed by atoms with E-state index in [1.165, 1.54) is 37.6 Å². The fraction of sp³-hybridized carbons (Fsp3) is 0.0208. The number of aromatic nitrogens is 2. The summed E-state index contributed by atoms with van der Waals surface area (Å²) in [6.45, 7) is 0. The van der Waals surface area contributed by atoms with Crippen LogP contribution in [0, 0.1) is 11.3 Å². The largest absolute Gasteiger partial charge is 0.228 e. The van der Waals surface area contributed by atoms with Gasteiger partial charge < -0.3 is 0 Å². The number of nitrogens with zero attached hydrogens (tertiary/aromatic N) is 3. The molecule has 0 saturated heterocycles. The lowest BCUT2D eigenvalue weighted by molar-refractivity contribution is 0.723. The molecular weight excluding hydrogens is 651 g/mol. The molecule has 1 aliphatic heterocycles. The fourth-order valence-electron chi connectivity index (χ4n) is 8.18. The van der Waals surface area contributed by atoms with E-state index in [1.54, 1.807) is 0 Å². The van der Waals surface area contributed by atoms with Crippen LogP contribution in [0.4, 0.5) is 0 Å². The molecule has 0 amide bonds. The van der Waals surface area contributed by atoms with Gasteiger partial charge in [-0.2, -0.15) is 5.26 Å². The second kappa shape index (κ2) is 12.1. The van der Waals surface area contributed by atoms with E-state index >= 15 is 0 Å². The van der Waals surface area contributed by atoms with E-state index in [4.69, 9.17) is 9.97 Å². The standard InChI is InChI=1S/C48H29N3S/c49-30-35-17-11-22-40-45(35)37-18-7-8-20-38(37)48(40)39-21-9-10-24-44(39)52-46-36(19-12-23-41(46)48)31-25-27-34(28-26-31)47-50-42(32-13-3-1-4-14-32)29-43(51-47)33-15-5-2-6-16-33/h1-29H. The molecule has 1 aromatic heterocycles. The van der Waals surface area contributed by atoms with Gasteiger partial charge in [0.15, 0.2) is 5.82 Å². The van der Waals surface area contributed by atoms with Gasteiger partial charge in [0.25, 0.3) is 0 Å². The van der Waals surface area contributed by atoms with Gasteiger partial charge in [-0.3, -0.25) is 0 Å². The Balaban J connectivity index is 1.14. The summed E-state index contributed by atoms with van der Waals surface area (Å²) in [7, 11) is 0. The number of fused-ring (bicyclic) bond motifs is 9.